The van der Waals surface area contributed by atoms with Crippen molar-refractivity contribution < 1.29 is 13.2 Å². The zero-order valence-corrected chi connectivity index (χ0v) is 11.6. The van der Waals surface area contributed by atoms with Gasteiger partial charge >= 0.3 is 5.51 Å². The maximum Gasteiger partial charge on any atom is 0.446 e. The van der Waals surface area contributed by atoms with E-state index in [1.54, 1.807) is 12.1 Å². The molecule has 1 aliphatic rings. The number of hydrogen-bond acceptors (Lipinski definition) is 3. The molecular weight excluding hydrogens is 285 g/mol. The lowest BCUT2D eigenvalue weighted by molar-refractivity contribution is -0.0328. The smallest absolute Gasteiger partial charge is 0.295 e. The van der Waals surface area contributed by atoms with Gasteiger partial charge in [0.2, 0.25) is 0 Å². The molecule has 20 heavy (non-hydrogen) atoms. The van der Waals surface area contributed by atoms with Gasteiger partial charge in [-0.2, -0.15) is 18.4 Å². The van der Waals surface area contributed by atoms with Crippen LogP contribution >= 0.6 is 11.8 Å². The van der Waals surface area contributed by atoms with Crippen molar-refractivity contribution in [3.63, 3.8) is 0 Å². The summed E-state index contributed by atoms with van der Waals surface area (Å²) in [6.45, 7) is 0. The summed E-state index contributed by atoms with van der Waals surface area (Å²) in [4.78, 5) is 0.138. The van der Waals surface area contributed by atoms with Crippen molar-refractivity contribution in [1.82, 2.24) is 5.32 Å². The number of nitrogens with zero attached hydrogens (tertiary/aromatic N) is 1. The van der Waals surface area contributed by atoms with Crippen LogP contribution in [0, 0.1) is 11.3 Å². The molecule has 0 radical (unpaired) electrons. The molecule has 1 fully saturated rings. The van der Waals surface area contributed by atoms with E-state index in [9.17, 15) is 18.4 Å². The van der Waals surface area contributed by atoms with Gasteiger partial charge < -0.3 is 0 Å². The Kier molecular flexibility index (Phi) is 4.95. The Morgan fingerprint density at radius 3 is 2.30 bits per heavy atom. The van der Waals surface area contributed by atoms with Gasteiger partial charge in [-0.05, 0) is 42.3 Å². The molecule has 1 aromatic carbocycles. The molecule has 0 saturated heterocycles. The number of alkyl halides is 3. The number of rotatable bonds is 4. The molecule has 0 heterocycles. The van der Waals surface area contributed by atoms with E-state index in [0.717, 1.165) is 25.7 Å². The van der Waals surface area contributed by atoms with Crippen LogP contribution in [0.1, 0.15) is 37.3 Å². The molecule has 0 spiro atoms. The van der Waals surface area contributed by atoms with Crippen LogP contribution in [0.2, 0.25) is 0 Å². The van der Waals surface area contributed by atoms with Crippen molar-refractivity contribution in [2.24, 2.45) is 0 Å². The number of halogens is 3. The fraction of sp³-hybridized carbons (Fsp3) is 0.500. The third-order valence-electron chi connectivity index (χ3n) is 3.33. The van der Waals surface area contributed by atoms with E-state index in [-0.39, 0.29) is 16.7 Å². The minimum Gasteiger partial charge on any atom is -0.295 e. The number of benzene rings is 1. The third kappa shape index (κ3) is 4.43. The van der Waals surface area contributed by atoms with Gasteiger partial charge in [0.1, 0.15) is 6.04 Å². The van der Waals surface area contributed by atoms with Gasteiger partial charge in [0.05, 0.1) is 6.07 Å². The van der Waals surface area contributed by atoms with Gasteiger partial charge in [-0.1, -0.05) is 25.0 Å². The van der Waals surface area contributed by atoms with Crippen molar-refractivity contribution in [3.05, 3.63) is 29.8 Å². The predicted molar refractivity (Wildman–Crippen MR) is 72.1 cm³/mol. The monoisotopic (exact) mass is 300 g/mol. The molecule has 0 aromatic heterocycles. The van der Waals surface area contributed by atoms with Crippen molar-refractivity contribution in [3.8, 4) is 6.07 Å². The van der Waals surface area contributed by atoms with Gasteiger partial charge in [0.25, 0.3) is 0 Å². The van der Waals surface area contributed by atoms with E-state index in [1.807, 2.05) is 0 Å². The molecule has 1 aliphatic carbocycles. The summed E-state index contributed by atoms with van der Waals surface area (Å²) in [7, 11) is 0. The Hall–Kier alpha value is -1.19. The summed E-state index contributed by atoms with van der Waals surface area (Å²) in [5, 5.41) is 12.5. The maximum atomic E-state index is 12.2. The van der Waals surface area contributed by atoms with E-state index in [0.29, 0.717) is 11.6 Å². The highest BCUT2D eigenvalue weighted by atomic mass is 32.2. The third-order valence-corrected chi connectivity index (χ3v) is 4.07. The number of nitriles is 1. The van der Waals surface area contributed by atoms with Crippen molar-refractivity contribution >= 4 is 11.8 Å². The lowest BCUT2D eigenvalue weighted by atomic mass is 10.1. The maximum absolute atomic E-state index is 12.2. The normalized spacial score (nSPS) is 17.9. The van der Waals surface area contributed by atoms with Crippen LogP contribution in [0.15, 0.2) is 29.2 Å². The first kappa shape index (κ1) is 15.2. The second-order valence-corrected chi connectivity index (χ2v) is 5.97. The Morgan fingerprint density at radius 2 is 1.80 bits per heavy atom. The van der Waals surface area contributed by atoms with Crippen LogP contribution in [0.25, 0.3) is 0 Å². The quantitative estimate of drug-likeness (QED) is 0.837. The van der Waals surface area contributed by atoms with Crippen molar-refractivity contribution in [2.45, 2.75) is 48.2 Å². The highest BCUT2D eigenvalue weighted by Gasteiger charge is 2.29. The fourth-order valence-electron chi connectivity index (χ4n) is 2.40. The standard InChI is InChI=1S/C14H15F3N2S/c15-14(16,17)20-12-7-5-10(6-8-12)13(9-18)19-11-3-1-2-4-11/h5-8,11,13,19H,1-4H2. The molecule has 6 heteroatoms. The van der Waals surface area contributed by atoms with Crippen LogP contribution in [-0.4, -0.2) is 11.6 Å². The Morgan fingerprint density at radius 1 is 1.20 bits per heavy atom. The lowest BCUT2D eigenvalue weighted by Crippen LogP contribution is -2.29. The van der Waals surface area contributed by atoms with Crippen LogP contribution in [0.5, 0.6) is 0 Å². The first-order chi connectivity index (χ1) is 9.48. The van der Waals surface area contributed by atoms with Crippen LogP contribution in [-0.2, 0) is 0 Å². The van der Waals surface area contributed by atoms with Crippen LogP contribution in [0.3, 0.4) is 0 Å². The van der Waals surface area contributed by atoms with E-state index < -0.39 is 11.6 Å². The minimum atomic E-state index is -4.28. The number of hydrogen-bond donors (Lipinski definition) is 1. The zero-order chi connectivity index (χ0) is 14.6. The second-order valence-electron chi connectivity index (χ2n) is 4.83. The molecule has 108 valence electrons. The SMILES string of the molecule is N#CC(NC1CCCC1)c1ccc(SC(F)(F)F)cc1. The van der Waals surface area contributed by atoms with E-state index in [2.05, 4.69) is 11.4 Å². The Balaban J connectivity index is 2.01. The average Bonchev–Trinajstić information content (AvgIpc) is 2.88. The molecule has 1 unspecified atom stereocenters. The van der Waals surface area contributed by atoms with Crippen LogP contribution < -0.4 is 5.32 Å². The largest absolute Gasteiger partial charge is 0.446 e. The lowest BCUT2D eigenvalue weighted by Gasteiger charge is -2.17. The molecule has 1 saturated carbocycles. The van der Waals surface area contributed by atoms with Gasteiger partial charge in [-0.25, -0.2) is 0 Å². The van der Waals surface area contributed by atoms with E-state index in [4.69, 9.17) is 0 Å². The summed E-state index contributed by atoms with van der Waals surface area (Å²) < 4.78 is 36.7. The van der Waals surface area contributed by atoms with Gasteiger partial charge in [0, 0.05) is 10.9 Å². The van der Waals surface area contributed by atoms with Crippen molar-refractivity contribution in [1.29, 1.82) is 5.26 Å². The average molecular weight is 300 g/mol. The topological polar surface area (TPSA) is 35.8 Å². The van der Waals surface area contributed by atoms with Crippen LogP contribution in [0.4, 0.5) is 13.2 Å². The molecule has 0 amide bonds. The summed E-state index contributed by atoms with van der Waals surface area (Å²) in [6.07, 6.45) is 4.44. The zero-order valence-electron chi connectivity index (χ0n) is 10.8. The molecule has 2 nitrogen and oxygen atoms in total. The van der Waals surface area contributed by atoms with E-state index in [1.165, 1.54) is 12.1 Å². The first-order valence-electron chi connectivity index (χ1n) is 6.49. The summed E-state index contributed by atoms with van der Waals surface area (Å²) in [6, 6.07) is 8.05. The predicted octanol–water partition coefficient (Wildman–Crippen LogP) is 4.40. The molecule has 0 bridgehead atoms. The van der Waals surface area contributed by atoms with Crippen molar-refractivity contribution in [2.75, 3.05) is 0 Å². The van der Waals surface area contributed by atoms with Gasteiger partial charge in [-0.3, -0.25) is 5.32 Å². The van der Waals surface area contributed by atoms with Gasteiger partial charge in [0.15, 0.2) is 0 Å². The van der Waals surface area contributed by atoms with Gasteiger partial charge in [-0.15, -0.1) is 0 Å². The summed E-state index contributed by atoms with van der Waals surface area (Å²) in [5.41, 5.74) is -3.57. The molecule has 0 aliphatic heterocycles. The highest BCUT2D eigenvalue weighted by molar-refractivity contribution is 8.00. The second kappa shape index (κ2) is 6.51. The molecule has 1 N–H and O–H groups in total. The first-order valence-corrected chi connectivity index (χ1v) is 7.31. The number of nitrogens with one attached hydrogen (secondary N) is 1. The summed E-state index contributed by atoms with van der Waals surface area (Å²) in [5.74, 6) is 0. The fourth-order valence-corrected chi connectivity index (χ4v) is 2.94. The Labute approximate surface area is 120 Å². The highest BCUT2D eigenvalue weighted by Crippen LogP contribution is 2.37. The van der Waals surface area contributed by atoms with E-state index >= 15 is 0 Å². The molecular formula is C14H15F3N2S. The molecule has 2 rings (SSSR count). The summed E-state index contributed by atoms with van der Waals surface area (Å²) >= 11 is -0.142. The molecule has 1 aromatic rings. The Bertz CT molecular complexity index is 473. The molecule has 1 atom stereocenters. The number of thioether (sulfide) groups is 1. The minimum absolute atomic E-state index is 0.138.